The van der Waals surface area contributed by atoms with Crippen LogP contribution < -0.4 is 20.1 Å². The molecule has 146 valence electrons. The fourth-order valence-corrected chi connectivity index (χ4v) is 3.24. The second-order valence-corrected chi connectivity index (χ2v) is 6.59. The predicted octanol–water partition coefficient (Wildman–Crippen LogP) is 3.70. The third kappa shape index (κ3) is 4.03. The van der Waals surface area contributed by atoms with Crippen LogP contribution in [0.1, 0.15) is 12.0 Å². The van der Waals surface area contributed by atoms with Crippen molar-refractivity contribution in [1.29, 1.82) is 0 Å². The Bertz CT molecular complexity index is 999. The van der Waals surface area contributed by atoms with E-state index in [4.69, 9.17) is 9.47 Å². The van der Waals surface area contributed by atoms with E-state index >= 15 is 0 Å². The number of rotatable bonds is 4. The summed E-state index contributed by atoms with van der Waals surface area (Å²) in [5.41, 5.74) is 2.82. The lowest BCUT2D eigenvalue weighted by molar-refractivity contribution is 0.297. The lowest BCUT2D eigenvalue weighted by Crippen LogP contribution is -2.32. The summed E-state index contributed by atoms with van der Waals surface area (Å²) in [6.45, 7) is 2.01. The number of hydrogen-bond donors (Lipinski definition) is 3. The van der Waals surface area contributed by atoms with Gasteiger partial charge in [-0.25, -0.2) is 4.39 Å². The van der Waals surface area contributed by atoms with Gasteiger partial charge in [0.05, 0.1) is 13.2 Å². The Kier molecular flexibility index (Phi) is 5.32. The third-order valence-electron chi connectivity index (χ3n) is 4.65. The van der Waals surface area contributed by atoms with E-state index in [1.807, 2.05) is 24.4 Å². The number of fused-ring (bicyclic) bond motifs is 2. The summed E-state index contributed by atoms with van der Waals surface area (Å²) >= 11 is 0. The van der Waals surface area contributed by atoms with Crippen LogP contribution >= 0.6 is 0 Å². The Morgan fingerprint density at radius 1 is 1.14 bits per heavy atom. The van der Waals surface area contributed by atoms with Gasteiger partial charge in [-0.3, -0.25) is 4.99 Å². The molecular formula is C21H23FN4O2. The van der Waals surface area contributed by atoms with E-state index in [0.717, 1.165) is 46.5 Å². The van der Waals surface area contributed by atoms with Crippen molar-refractivity contribution in [2.24, 2.45) is 4.99 Å². The molecule has 0 spiro atoms. The van der Waals surface area contributed by atoms with Crippen LogP contribution in [0, 0.1) is 5.82 Å². The molecule has 1 aromatic heterocycles. The molecule has 0 aliphatic carbocycles. The van der Waals surface area contributed by atoms with Crippen LogP contribution in [0.2, 0.25) is 0 Å². The molecule has 1 aliphatic rings. The van der Waals surface area contributed by atoms with Crippen LogP contribution in [0.3, 0.4) is 0 Å². The Hall–Kier alpha value is -3.22. The maximum atomic E-state index is 13.3. The van der Waals surface area contributed by atoms with Crippen molar-refractivity contribution >= 4 is 22.5 Å². The lowest BCUT2D eigenvalue weighted by Gasteiger charge is -2.14. The number of nitrogens with one attached hydrogen (secondary N) is 3. The highest BCUT2D eigenvalue weighted by Crippen LogP contribution is 2.32. The fourth-order valence-electron chi connectivity index (χ4n) is 3.24. The van der Waals surface area contributed by atoms with E-state index in [9.17, 15) is 4.39 Å². The molecular weight excluding hydrogens is 359 g/mol. The SMILES string of the molecule is CN=C(NCCc1c[nH]c2cc(F)ccc12)Nc1ccc2c(c1)OCCCO2. The minimum atomic E-state index is -0.237. The zero-order valence-electron chi connectivity index (χ0n) is 15.7. The van der Waals surface area contributed by atoms with Gasteiger partial charge in [-0.1, -0.05) is 0 Å². The van der Waals surface area contributed by atoms with E-state index in [-0.39, 0.29) is 5.82 Å². The molecule has 28 heavy (non-hydrogen) atoms. The second kappa shape index (κ2) is 8.21. The van der Waals surface area contributed by atoms with Crippen LogP contribution in [-0.4, -0.2) is 37.7 Å². The highest BCUT2D eigenvalue weighted by molar-refractivity contribution is 5.94. The number of halogens is 1. The smallest absolute Gasteiger partial charge is 0.195 e. The van der Waals surface area contributed by atoms with Gasteiger partial charge >= 0.3 is 0 Å². The monoisotopic (exact) mass is 382 g/mol. The molecule has 7 heteroatoms. The lowest BCUT2D eigenvalue weighted by atomic mass is 10.1. The van der Waals surface area contributed by atoms with Crippen molar-refractivity contribution in [3.05, 3.63) is 54.0 Å². The molecule has 0 radical (unpaired) electrons. The number of anilines is 1. The quantitative estimate of drug-likeness (QED) is 0.475. The maximum absolute atomic E-state index is 13.3. The van der Waals surface area contributed by atoms with Crippen molar-refractivity contribution in [2.75, 3.05) is 32.1 Å². The number of ether oxygens (including phenoxy) is 2. The predicted molar refractivity (Wildman–Crippen MR) is 109 cm³/mol. The molecule has 0 saturated carbocycles. The summed E-state index contributed by atoms with van der Waals surface area (Å²) in [4.78, 5) is 7.39. The van der Waals surface area contributed by atoms with E-state index in [0.29, 0.717) is 25.7 Å². The molecule has 0 atom stereocenters. The third-order valence-corrected chi connectivity index (χ3v) is 4.65. The van der Waals surface area contributed by atoms with E-state index in [1.54, 1.807) is 13.1 Å². The average Bonchev–Trinajstić information content (AvgIpc) is 2.94. The first-order chi connectivity index (χ1) is 13.7. The number of H-pyrrole nitrogens is 1. The molecule has 0 fully saturated rings. The molecule has 0 bridgehead atoms. The number of hydrogen-bond acceptors (Lipinski definition) is 3. The molecule has 6 nitrogen and oxygen atoms in total. The second-order valence-electron chi connectivity index (χ2n) is 6.59. The molecule has 0 amide bonds. The molecule has 4 rings (SSSR count). The van der Waals surface area contributed by atoms with E-state index in [1.165, 1.54) is 12.1 Å². The van der Waals surface area contributed by atoms with Crippen LogP contribution in [0.15, 0.2) is 47.6 Å². The molecule has 0 unspecified atom stereocenters. The fraction of sp³-hybridized carbons (Fsp3) is 0.286. The largest absolute Gasteiger partial charge is 0.490 e. The van der Waals surface area contributed by atoms with Crippen molar-refractivity contribution < 1.29 is 13.9 Å². The standard InChI is InChI=1S/C21H23FN4O2/c1-23-21(26-16-4-6-19-20(12-16)28-10-2-9-27-19)24-8-7-14-13-25-18-11-15(22)3-5-17(14)18/h3-6,11-13,25H,2,7-10H2,1H3,(H2,23,24,26). The van der Waals surface area contributed by atoms with E-state index < -0.39 is 0 Å². The first-order valence-electron chi connectivity index (χ1n) is 9.36. The zero-order valence-corrected chi connectivity index (χ0v) is 15.7. The van der Waals surface area contributed by atoms with Gasteiger partial charge < -0.3 is 25.1 Å². The Morgan fingerprint density at radius 2 is 2.00 bits per heavy atom. The van der Waals surface area contributed by atoms with Gasteiger partial charge in [-0.2, -0.15) is 0 Å². The number of benzene rings is 2. The summed E-state index contributed by atoms with van der Waals surface area (Å²) in [7, 11) is 1.73. The minimum Gasteiger partial charge on any atom is -0.490 e. The van der Waals surface area contributed by atoms with Gasteiger partial charge in [-0.05, 0) is 42.3 Å². The maximum Gasteiger partial charge on any atom is 0.195 e. The summed E-state index contributed by atoms with van der Waals surface area (Å²) in [5, 5.41) is 7.61. The van der Waals surface area contributed by atoms with Gasteiger partial charge in [-0.15, -0.1) is 0 Å². The summed E-state index contributed by atoms with van der Waals surface area (Å²) < 4.78 is 24.7. The Morgan fingerprint density at radius 3 is 2.86 bits per heavy atom. The van der Waals surface area contributed by atoms with Crippen LogP contribution in [0.4, 0.5) is 10.1 Å². The first kappa shape index (κ1) is 18.2. The topological polar surface area (TPSA) is 70.7 Å². The summed E-state index contributed by atoms with van der Waals surface area (Å²) in [6, 6.07) is 10.6. The number of aromatic amines is 1. The van der Waals surface area contributed by atoms with E-state index in [2.05, 4.69) is 20.6 Å². The molecule has 0 saturated heterocycles. The van der Waals surface area contributed by atoms with Crippen molar-refractivity contribution in [2.45, 2.75) is 12.8 Å². The minimum absolute atomic E-state index is 0.237. The average molecular weight is 382 g/mol. The number of aliphatic imine (C=N–C) groups is 1. The molecule has 2 heterocycles. The first-order valence-corrected chi connectivity index (χ1v) is 9.36. The van der Waals surface area contributed by atoms with Crippen LogP contribution in [0.5, 0.6) is 11.5 Å². The van der Waals surface area contributed by atoms with Gasteiger partial charge in [0.2, 0.25) is 0 Å². The molecule has 3 aromatic rings. The highest BCUT2D eigenvalue weighted by atomic mass is 19.1. The zero-order chi connectivity index (χ0) is 19.3. The number of aromatic nitrogens is 1. The Balaban J connectivity index is 1.36. The highest BCUT2D eigenvalue weighted by Gasteiger charge is 2.11. The summed E-state index contributed by atoms with van der Waals surface area (Å²) in [6.07, 6.45) is 3.58. The van der Waals surface area contributed by atoms with Crippen molar-refractivity contribution in [3.63, 3.8) is 0 Å². The van der Waals surface area contributed by atoms with Gasteiger partial charge in [0, 0.05) is 48.9 Å². The van der Waals surface area contributed by atoms with Crippen LogP contribution in [-0.2, 0) is 6.42 Å². The Labute approximate surface area is 162 Å². The number of nitrogens with zero attached hydrogens (tertiary/aromatic N) is 1. The number of guanidine groups is 1. The van der Waals surface area contributed by atoms with Crippen molar-refractivity contribution in [3.8, 4) is 11.5 Å². The van der Waals surface area contributed by atoms with Gasteiger partial charge in [0.25, 0.3) is 0 Å². The molecule has 3 N–H and O–H groups in total. The summed E-state index contributed by atoms with van der Waals surface area (Å²) in [5.74, 6) is 1.94. The van der Waals surface area contributed by atoms with Crippen molar-refractivity contribution in [1.82, 2.24) is 10.3 Å². The molecule has 1 aliphatic heterocycles. The molecule has 2 aromatic carbocycles. The van der Waals surface area contributed by atoms with Gasteiger partial charge in [0.1, 0.15) is 5.82 Å². The van der Waals surface area contributed by atoms with Crippen LogP contribution in [0.25, 0.3) is 10.9 Å². The normalized spacial score (nSPS) is 14.0. The van der Waals surface area contributed by atoms with Gasteiger partial charge in [0.15, 0.2) is 17.5 Å².